The van der Waals surface area contributed by atoms with Crippen molar-refractivity contribution in [2.45, 2.75) is 61.6 Å². The molecular formula is C28H37N5O3. The Labute approximate surface area is 213 Å². The lowest BCUT2D eigenvalue weighted by Crippen LogP contribution is -2.36. The first-order valence-corrected chi connectivity index (χ1v) is 12.4. The van der Waals surface area contributed by atoms with Gasteiger partial charge in [-0.2, -0.15) is 5.10 Å². The van der Waals surface area contributed by atoms with Crippen molar-refractivity contribution in [2.75, 3.05) is 18.5 Å². The Hall–Kier alpha value is -3.81. The highest BCUT2D eigenvalue weighted by Gasteiger charge is 2.15. The Morgan fingerprint density at radius 3 is 2.22 bits per heavy atom. The Balaban J connectivity index is 1.91. The topological polar surface area (TPSA) is 89.8 Å². The van der Waals surface area contributed by atoms with Gasteiger partial charge in [0.15, 0.2) is 11.5 Å². The van der Waals surface area contributed by atoms with Gasteiger partial charge in [-0.05, 0) is 89.9 Å². The number of hydrogen-bond acceptors (Lipinski definition) is 5. The molecule has 0 aliphatic carbocycles. The lowest BCUT2D eigenvalue weighted by Gasteiger charge is -2.15. The van der Waals surface area contributed by atoms with Crippen LogP contribution >= 0.6 is 0 Å². The zero-order chi connectivity index (χ0) is 26.2. The van der Waals surface area contributed by atoms with E-state index in [-0.39, 0.29) is 5.91 Å². The van der Waals surface area contributed by atoms with Gasteiger partial charge in [-0.1, -0.05) is 6.07 Å². The predicted molar refractivity (Wildman–Crippen MR) is 144 cm³/mol. The molecule has 0 spiro atoms. The molecule has 0 fully saturated rings. The molecule has 8 heteroatoms. The van der Waals surface area contributed by atoms with E-state index >= 15 is 0 Å². The van der Waals surface area contributed by atoms with Crippen LogP contribution in [0.15, 0.2) is 41.4 Å². The molecule has 3 aromatic rings. The van der Waals surface area contributed by atoms with Crippen molar-refractivity contribution in [1.29, 1.82) is 0 Å². The van der Waals surface area contributed by atoms with E-state index in [4.69, 9.17) is 14.5 Å². The van der Waals surface area contributed by atoms with Crippen LogP contribution in [0.2, 0.25) is 0 Å². The molecule has 2 N–H and O–H groups in total. The number of amides is 1. The van der Waals surface area contributed by atoms with Crippen LogP contribution in [0, 0.1) is 27.7 Å². The van der Waals surface area contributed by atoms with Crippen LogP contribution in [0.5, 0.6) is 11.5 Å². The largest absolute Gasteiger partial charge is 0.490 e. The summed E-state index contributed by atoms with van der Waals surface area (Å²) in [6.07, 6.45) is 0. The zero-order valence-electron chi connectivity index (χ0n) is 22.4. The molecule has 0 bridgehead atoms. The maximum absolute atomic E-state index is 13.3. The van der Waals surface area contributed by atoms with Gasteiger partial charge in [0.2, 0.25) is 5.96 Å². The first-order chi connectivity index (χ1) is 17.2. The maximum Gasteiger partial charge on any atom is 0.258 e. The van der Waals surface area contributed by atoms with E-state index in [0.717, 1.165) is 40.3 Å². The highest BCUT2D eigenvalue weighted by molar-refractivity contribution is 6.10. The smallest absolute Gasteiger partial charge is 0.258 e. The van der Waals surface area contributed by atoms with Gasteiger partial charge in [0.05, 0.1) is 25.5 Å². The second-order valence-corrected chi connectivity index (χ2v) is 8.61. The molecule has 0 atom stereocenters. The third-order valence-electron chi connectivity index (χ3n) is 5.75. The monoisotopic (exact) mass is 491 g/mol. The van der Waals surface area contributed by atoms with Crippen LogP contribution in [0.1, 0.15) is 59.2 Å². The lowest BCUT2D eigenvalue weighted by atomic mass is 10.1. The first-order valence-electron chi connectivity index (χ1n) is 12.4. The lowest BCUT2D eigenvalue weighted by molar-refractivity contribution is 0.0976. The number of nitrogens with one attached hydrogen (secondary N) is 2. The number of benzene rings is 2. The van der Waals surface area contributed by atoms with E-state index in [2.05, 4.69) is 28.7 Å². The molecule has 2 aromatic carbocycles. The van der Waals surface area contributed by atoms with Gasteiger partial charge in [0.1, 0.15) is 0 Å². The summed E-state index contributed by atoms with van der Waals surface area (Å²) >= 11 is 0. The van der Waals surface area contributed by atoms with Gasteiger partial charge < -0.3 is 14.8 Å². The SMILES string of the molecule is CCOc1ccc(C(=O)NC(=NCc2c(C)nn(CC)c2C)Nc2cc(C)cc(C)c2)cc1OCC. The van der Waals surface area contributed by atoms with E-state index in [9.17, 15) is 4.79 Å². The van der Waals surface area contributed by atoms with Crippen molar-refractivity contribution in [2.24, 2.45) is 4.99 Å². The molecule has 36 heavy (non-hydrogen) atoms. The molecule has 3 rings (SSSR count). The van der Waals surface area contributed by atoms with Crippen molar-refractivity contribution in [1.82, 2.24) is 15.1 Å². The standard InChI is InChI=1S/C28H37N5O3/c1-8-33-21(7)24(20(6)32-33)17-29-28(30-23-14-18(4)13-19(5)15-23)31-27(34)22-11-12-25(35-9-2)26(16-22)36-10-3/h11-16H,8-10,17H2,1-7H3,(H2,29,30,31,34). The number of rotatable bonds is 9. The zero-order valence-corrected chi connectivity index (χ0v) is 22.4. The Morgan fingerprint density at radius 2 is 1.61 bits per heavy atom. The van der Waals surface area contributed by atoms with Crippen LogP contribution in [0.3, 0.4) is 0 Å². The van der Waals surface area contributed by atoms with Crippen LogP contribution < -0.4 is 20.1 Å². The number of aliphatic imine (C=N–C) groups is 1. The fourth-order valence-electron chi connectivity index (χ4n) is 4.09. The normalized spacial score (nSPS) is 11.4. The summed E-state index contributed by atoms with van der Waals surface area (Å²) in [5.74, 6) is 1.20. The summed E-state index contributed by atoms with van der Waals surface area (Å²) in [5, 5.41) is 10.8. The average molecular weight is 492 g/mol. The van der Waals surface area contributed by atoms with E-state index < -0.39 is 0 Å². The number of nitrogens with zero attached hydrogens (tertiary/aromatic N) is 3. The average Bonchev–Trinajstić information content (AvgIpc) is 3.10. The number of carbonyl (C=O) groups is 1. The quantitative estimate of drug-likeness (QED) is 0.312. The Kier molecular flexibility index (Phi) is 9.11. The van der Waals surface area contributed by atoms with Gasteiger partial charge >= 0.3 is 0 Å². The first kappa shape index (κ1) is 26.8. The van der Waals surface area contributed by atoms with Crippen LogP contribution in [0.4, 0.5) is 5.69 Å². The summed E-state index contributed by atoms with van der Waals surface area (Å²) < 4.78 is 13.3. The molecule has 0 radical (unpaired) electrons. The Bertz CT molecular complexity index is 1230. The molecule has 0 unspecified atom stereocenters. The van der Waals surface area contributed by atoms with Gasteiger partial charge in [-0.3, -0.25) is 14.8 Å². The second-order valence-electron chi connectivity index (χ2n) is 8.61. The number of aromatic nitrogens is 2. The summed E-state index contributed by atoms with van der Waals surface area (Å²) in [4.78, 5) is 18.0. The minimum absolute atomic E-state index is 0.299. The molecule has 1 amide bonds. The molecule has 192 valence electrons. The van der Waals surface area contributed by atoms with Gasteiger partial charge in [0.25, 0.3) is 5.91 Å². The predicted octanol–water partition coefficient (Wildman–Crippen LogP) is 5.33. The molecule has 8 nitrogen and oxygen atoms in total. The number of hydrogen-bond donors (Lipinski definition) is 2. The number of guanidine groups is 1. The minimum atomic E-state index is -0.299. The Morgan fingerprint density at radius 1 is 0.944 bits per heavy atom. The maximum atomic E-state index is 13.3. The van der Waals surface area contributed by atoms with Gasteiger partial charge in [0, 0.05) is 29.1 Å². The molecule has 1 heterocycles. The van der Waals surface area contributed by atoms with Crippen molar-refractivity contribution in [3.05, 3.63) is 70.0 Å². The fourth-order valence-corrected chi connectivity index (χ4v) is 4.09. The van der Waals surface area contributed by atoms with Crippen LogP contribution in [-0.4, -0.2) is 34.9 Å². The number of anilines is 1. The van der Waals surface area contributed by atoms with Crippen molar-refractivity contribution in [3.63, 3.8) is 0 Å². The second kappa shape index (κ2) is 12.2. The van der Waals surface area contributed by atoms with Crippen molar-refractivity contribution in [3.8, 4) is 11.5 Å². The molecule has 0 saturated heterocycles. The van der Waals surface area contributed by atoms with E-state index in [0.29, 0.717) is 42.8 Å². The molecule has 0 saturated carbocycles. The van der Waals surface area contributed by atoms with Crippen molar-refractivity contribution >= 4 is 17.6 Å². The fraction of sp³-hybridized carbons (Fsp3) is 0.393. The van der Waals surface area contributed by atoms with Gasteiger partial charge in [-0.25, -0.2) is 4.99 Å². The third-order valence-corrected chi connectivity index (χ3v) is 5.75. The summed E-state index contributed by atoms with van der Waals surface area (Å²) in [5.41, 5.74) is 6.59. The third kappa shape index (κ3) is 6.65. The van der Waals surface area contributed by atoms with Crippen molar-refractivity contribution < 1.29 is 14.3 Å². The number of ether oxygens (including phenoxy) is 2. The molecule has 1 aromatic heterocycles. The highest BCUT2D eigenvalue weighted by atomic mass is 16.5. The van der Waals surface area contributed by atoms with E-state index in [1.54, 1.807) is 18.2 Å². The van der Waals surface area contributed by atoms with Gasteiger partial charge in [-0.15, -0.1) is 0 Å². The van der Waals surface area contributed by atoms with Crippen LogP contribution in [0.25, 0.3) is 0 Å². The molecule has 0 aliphatic heterocycles. The molecule has 0 aliphatic rings. The summed E-state index contributed by atoms with van der Waals surface area (Å²) in [6.45, 7) is 16.1. The summed E-state index contributed by atoms with van der Waals surface area (Å²) in [6, 6.07) is 11.3. The number of carbonyl (C=O) groups excluding carboxylic acids is 1. The summed E-state index contributed by atoms with van der Waals surface area (Å²) in [7, 11) is 0. The van der Waals surface area contributed by atoms with E-state index in [1.807, 2.05) is 58.4 Å². The highest BCUT2D eigenvalue weighted by Crippen LogP contribution is 2.28. The molecular weight excluding hydrogens is 454 g/mol. The van der Waals surface area contributed by atoms with Crippen LogP contribution in [-0.2, 0) is 13.1 Å². The number of aryl methyl sites for hydroxylation is 4. The minimum Gasteiger partial charge on any atom is -0.490 e. The van der Waals surface area contributed by atoms with E-state index in [1.165, 1.54) is 0 Å².